The number of aromatic nitrogens is 1. The van der Waals surface area contributed by atoms with Gasteiger partial charge in [-0.25, -0.2) is 0 Å². The smallest absolute Gasteiger partial charge is 0.314 e. The molecule has 0 unspecified atom stereocenters. The van der Waals surface area contributed by atoms with E-state index in [4.69, 9.17) is 23.2 Å². The van der Waals surface area contributed by atoms with E-state index in [1.54, 1.807) is 0 Å². The Labute approximate surface area is 143 Å². The lowest BCUT2D eigenvalue weighted by molar-refractivity contribution is -0.187. The minimum atomic E-state index is -4.44. The molecule has 0 saturated carbocycles. The molecule has 2 heterocycles. The van der Waals surface area contributed by atoms with Gasteiger partial charge in [-0.1, -0.05) is 23.2 Å². The summed E-state index contributed by atoms with van der Waals surface area (Å²) in [5.41, 5.74) is -0.118. The Kier molecular flexibility index (Phi) is 8.61. The van der Waals surface area contributed by atoms with Crippen LogP contribution in [0.25, 0.3) is 0 Å². The lowest BCUT2D eigenvalue weighted by atomic mass is 10.1. The molecule has 1 aliphatic heterocycles. The summed E-state index contributed by atoms with van der Waals surface area (Å²) in [4.78, 5) is 5.03. The summed E-state index contributed by atoms with van der Waals surface area (Å²) in [5, 5.41) is 2.89. The SMILES string of the molecule is Cl.Cl.FC(F)(F)[C@H](c1c(Cl)cncc1Cl)N1CCNCC1. The number of rotatable bonds is 2. The summed E-state index contributed by atoms with van der Waals surface area (Å²) in [6.07, 6.45) is -2.07. The fourth-order valence-electron chi connectivity index (χ4n) is 2.18. The Balaban J connectivity index is 0.00000200. The van der Waals surface area contributed by atoms with Gasteiger partial charge in [-0.05, 0) is 0 Å². The Hall–Kier alpha value is 0.0200. The number of halogens is 7. The van der Waals surface area contributed by atoms with Gasteiger partial charge >= 0.3 is 6.18 Å². The number of hydrogen-bond donors (Lipinski definition) is 1. The lowest BCUT2D eigenvalue weighted by Gasteiger charge is -2.36. The molecule has 0 aromatic carbocycles. The Morgan fingerprint density at radius 2 is 1.57 bits per heavy atom. The third-order valence-corrected chi connectivity index (χ3v) is 3.59. The van der Waals surface area contributed by atoms with Crippen molar-refractivity contribution in [2.24, 2.45) is 0 Å². The minimum Gasteiger partial charge on any atom is -0.314 e. The van der Waals surface area contributed by atoms with Gasteiger partial charge in [0.1, 0.15) is 6.04 Å². The van der Waals surface area contributed by atoms with E-state index in [9.17, 15) is 13.2 Å². The van der Waals surface area contributed by atoms with Crippen molar-refractivity contribution in [1.82, 2.24) is 15.2 Å². The maximum absolute atomic E-state index is 13.4. The van der Waals surface area contributed by atoms with Crippen LogP contribution >= 0.6 is 48.0 Å². The summed E-state index contributed by atoms with van der Waals surface area (Å²) in [6.45, 7) is 1.60. The summed E-state index contributed by atoms with van der Waals surface area (Å²) in [5.74, 6) is 0. The predicted molar refractivity (Wildman–Crippen MR) is 82.0 cm³/mol. The predicted octanol–water partition coefficient (Wildman–Crippen LogP) is 3.74. The zero-order valence-electron chi connectivity index (χ0n) is 10.7. The van der Waals surface area contributed by atoms with Crippen molar-refractivity contribution in [3.8, 4) is 0 Å². The van der Waals surface area contributed by atoms with Gasteiger partial charge in [0.15, 0.2) is 0 Å². The fourth-order valence-corrected chi connectivity index (χ4v) is 2.75. The van der Waals surface area contributed by atoms with E-state index in [1.165, 1.54) is 17.3 Å². The molecule has 1 aliphatic rings. The van der Waals surface area contributed by atoms with Gasteiger partial charge in [-0.3, -0.25) is 9.88 Å². The van der Waals surface area contributed by atoms with Gasteiger partial charge in [0.05, 0.1) is 10.0 Å². The molecule has 21 heavy (non-hydrogen) atoms. The van der Waals surface area contributed by atoms with Gasteiger partial charge in [0.2, 0.25) is 0 Å². The minimum absolute atomic E-state index is 0. The molecule has 0 spiro atoms. The number of nitrogens with one attached hydrogen (secondary N) is 1. The Bertz CT molecular complexity index is 433. The molecule has 1 aromatic heterocycles. The molecule has 0 radical (unpaired) electrons. The van der Waals surface area contributed by atoms with Crippen molar-refractivity contribution in [2.45, 2.75) is 12.2 Å². The second kappa shape index (κ2) is 8.60. The third-order valence-electron chi connectivity index (χ3n) is 2.99. The van der Waals surface area contributed by atoms with Crippen LogP contribution in [0.1, 0.15) is 11.6 Å². The average Bonchev–Trinajstić information content (AvgIpc) is 2.33. The molecule has 10 heteroatoms. The molecular formula is C11H14Cl4F3N3. The first-order chi connectivity index (χ1) is 8.91. The van der Waals surface area contributed by atoms with Crippen molar-refractivity contribution in [3.05, 3.63) is 28.0 Å². The van der Waals surface area contributed by atoms with E-state index in [0.29, 0.717) is 26.2 Å². The van der Waals surface area contributed by atoms with Crippen molar-refractivity contribution in [2.75, 3.05) is 26.2 Å². The second-order valence-electron chi connectivity index (χ2n) is 4.25. The van der Waals surface area contributed by atoms with Crippen LogP contribution in [0.15, 0.2) is 12.4 Å². The maximum Gasteiger partial charge on any atom is 0.408 e. The largest absolute Gasteiger partial charge is 0.408 e. The number of alkyl halides is 3. The van der Waals surface area contributed by atoms with E-state index in [1.807, 2.05) is 0 Å². The van der Waals surface area contributed by atoms with Crippen LogP contribution in [-0.2, 0) is 0 Å². The Morgan fingerprint density at radius 1 is 1.10 bits per heavy atom. The van der Waals surface area contributed by atoms with Gasteiger partial charge in [-0.2, -0.15) is 13.2 Å². The molecule has 1 aromatic rings. The highest BCUT2D eigenvalue weighted by molar-refractivity contribution is 6.35. The van der Waals surface area contributed by atoms with Crippen molar-refractivity contribution >= 4 is 48.0 Å². The summed E-state index contributed by atoms with van der Waals surface area (Å²) in [7, 11) is 0. The van der Waals surface area contributed by atoms with Crippen LogP contribution in [-0.4, -0.2) is 42.2 Å². The number of pyridine rings is 1. The molecule has 1 atom stereocenters. The lowest BCUT2D eigenvalue weighted by Crippen LogP contribution is -2.49. The highest BCUT2D eigenvalue weighted by Gasteiger charge is 2.46. The van der Waals surface area contributed by atoms with Crippen LogP contribution in [0.2, 0.25) is 10.0 Å². The van der Waals surface area contributed by atoms with E-state index in [-0.39, 0.29) is 40.4 Å². The second-order valence-corrected chi connectivity index (χ2v) is 5.06. The normalized spacial score (nSPS) is 17.6. The summed E-state index contributed by atoms with van der Waals surface area (Å²) in [6, 6.07) is -1.79. The monoisotopic (exact) mass is 385 g/mol. The van der Waals surface area contributed by atoms with Crippen molar-refractivity contribution < 1.29 is 13.2 Å². The zero-order chi connectivity index (χ0) is 14.0. The zero-order valence-corrected chi connectivity index (χ0v) is 13.8. The van der Waals surface area contributed by atoms with Gasteiger partial charge < -0.3 is 5.32 Å². The Morgan fingerprint density at radius 3 is 2.00 bits per heavy atom. The maximum atomic E-state index is 13.4. The topological polar surface area (TPSA) is 28.2 Å². The van der Waals surface area contributed by atoms with Crippen molar-refractivity contribution in [1.29, 1.82) is 0 Å². The van der Waals surface area contributed by atoms with E-state index in [0.717, 1.165) is 0 Å². The highest BCUT2D eigenvalue weighted by Crippen LogP contribution is 2.43. The molecule has 3 nitrogen and oxygen atoms in total. The summed E-state index contributed by atoms with van der Waals surface area (Å²) < 4.78 is 40.1. The average molecular weight is 387 g/mol. The summed E-state index contributed by atoms with van der Waals surface area (Å²) >= 11 is 11.7. The van der Waals surface area contributed by atoms with Crippen LogP contribution in [0.5, 0.6) is 0 Å². The molecule has 1 saturated heterocycles. The van der Waals surface area contributed by atoms with Crippen LogP contribution < -0.4 is 5.32 Å². The quantitative estimate of drug-likeness (QED) is 0.839. The highest BCUT2D eigenvalue weighted by atomic mass is 35.5. The number of hydrogen-bond acceptors (Lipinski definition) is 3. The first kappa shape index (κ1) is 21.0. The van der Waals surface area contributed by atoms with Crippen LogP contribution in [0.3, 0.4) is 0 Å². The third kappa shape index (κ3) is 5.01. The molecule has 2 rings (SSSR count). The van der Waals surface area contributed by atoms with Gasteiger partial charge in [0, 0.05) is 44.1 Å². The number of nitrogens with zero attached hydrogens (tertiary/aromatic N) is 2. The van der Waals surface area contributed by atoms with E-state index in [2.05, 4.69) is 10.3 Å². The molecule has 1 fully saturated rings. The van der Waals surface area contributed by atoms with Crippen molar-refractivity contribution in [3.63, 3.8) is 0 Å². The molecular weight excluding hydrogens is 373 g/mol. The standard InChI is InChI=1S/C11H12Cl2F3N3.2ClH/c12-7-5-18-6-8(13)9(7)10(11(14,15)16)19-3-1-17-2-4-19;;/h5-6,10,17H,1-4H2;2*1H/t10-;;/m0../s1. The first-order valence-electron chi connectivity index (χ1n) is 5.71. The molecule has 122 valence electrons. The van der Waals surface area contributed by atoms with Crippen LogP contribution in [0, 0.1) is 0 Å². The van der Waals surface area contributed by atoms with E-state index >= 15 is 0 Å². The number of piperazine rings is 1. The van der Waals surface area contributed by atoms with Crippen LogP contribution in [0.4, 0.5) is 13.2 Å². The van der Waals surface area contributed by atoms with E-state index < -0.39 is 12.2 Å². The van der Waals surface area contributed by atoms with Gasteiger partial charge in [-0.15, -0.1) is 24.8 Å². The first-order valence-corrected chi connectivity index (χ1v) is 6.47. The van der Waals surface area contributed by atoms with Gasteiger partial charge in [0.25, 0.3) is 0 Å². The molecule has 0 bridgehead atoms. The molecule has 0 aliphatic carbocycles. The molecule has 0 amide bonds. The fraction of sp³-hybridized carbons (Fsp3) is 0.545. The molecule has 1 N–H and O–H groups in total.